The van der Waals surface area contributed by atoms with Crippen LogP contribution in [0.25, 0.3) is 0 Å². The van der Waals surface area contributed by atoms with Gasteiger partial charge in [-0.1, -0.05) is 19.8 Å². The molecule has 0 N–H and O–H groups in total. The Morgan fingerprint density at radius 1 is 1.46 bits per heavy atom. The molecule has 0 aromatic heterocycles. The predicted octanol–water partition coefficient (Wildman–Crippen LogP) is 3.42. The zero-order valence-electron chi connectivity index (χ0n) is 8.55. The SMILES string of the molecule is CCCCCC(=O)CC1CCCS1. The second kappa shape index (κ2) is 6.47. The predicted molar refractivity (Wildman–Crippen MR) is 59.2 cm³/mol. The molecule has 76 valence electrons. The van der Waals surface area contributed by atoms with Crippen LogP contribution in [-0.2, 0) is 4.79 Å². The molecule has 1 rings (SSSR count). The molecule has 1 saturated heterocycles. The van der Waals surface area contributed by atoms with Crippen molar-refractivity contribution in [3.8, 4) is 0 Å². The smallest absolute Gasteiger partial charge is 0.134 e. The Morgan fingerprint density at radius 2 is 2.31 bits per heavy atom. The molecular weight excluding hydrogens is 180 g/mol. The highest BCUT2D eigenvalue weighted by Crippen LogP contribution is 2.29. The lowest BCUT2D eigenvalue weighted by atomic mass is 10.1. The van der Waals surface area contributed by atoms with Crippen LogP contribution in [0.3, 0.4) is 0 Å². The van der Waals surface area contributed by atoms with Crippen molar-refractivity contribution in [2.45, 2.75) is 57.1 Å². The molecule has 1 heterocycles. The quantitative estimate of drug-likeness (QED) is 0.611. The Labute approximate surface area is 85.7 Å². The van der Waals surface area contributed by atoms with Gasteiger partial charge in [-0.2, -0.15) is 11.8 Å². The lowest BCUT2D eigenvalue weighted by molar-refractivity contribution is -0.119. The molecule has 0 aromatic carbocycles. The number of ketones is 1. The summed E-state index contributed by atoms with van der Waals surface area (Å²) in [5, 5.41) is 0.661. The zero-order chi connectivity index (χ0) is 9.52. The lowest BCUT2D eigenvalue weighted by Gasteiger charge is -2.06. The first kappa shape index (κ1) is 11.1. The van der Waals surface area contributed by atoms with Crippen LogP contribution in [0.1, 0.15) is 51.9 Å². The van der Waals surface area contributed by atoms with Crippen LogP contribution >= 0.6 is 11.8 Å². The average Bonchev–Trinajstić information content (AvgIpc) is 2.57. The molecule has 1 unspecified atom stereocenters. The van der Waals surface area contributed by atoms with Crippen LogP contribution < -0.4 is 0 Å². The van der Waals surface area contributed by atoms with Crippen LogP contribution in [-0.4, -0.2) is 16.8 Å². The monoisotopic (exact) mass is 200 g/mol. The van der Waals surface area contributed by atoms with Gasteiger partial charge in [0.05, 0.1) is 0 Å². The van der Waals surface area contributed by atoms with E-state index in [1.54, 1.807) is 0 Å². The van der Waals surface area contributed by atoms with Gasteiger partial charge in [-0.15, -0.1) is 0 Å². The molecule has 1 aliphatic heterocycles. The number of hydrogen-bond donors (Lipinski definition) is 0. The van der Waals surface area contributed by atoms with E-state index in [0.717, 1.165) is 19.3 Å². The van der Waals surface area contributed by atoms with Gasteiger partial charge < -0.3 is 0 Å². The third-order valence-electron chi connectivity index (χ3n) is 2.54. The van der Waals surface area contributed by atoms with E-state index >= 15 is 0 Å². The topological polar surface area (TPSA) is 17.1 Å². The van der Waals surface area contributed by atoms with E-state index < -0.39 is 0 Å². The molecule has 0 amide bonds. The van der Waals surface area contributed by atoms with E-state index in [1.165, 1.54) is 31.4 Å². The number of rotatable bonds is 6. The summed E-state index contributed by atoms with van der Waals surface area (Å²) >= 11 is 1.99. The Morgan fingerprint density at radius 3 is 2.92 bits per heavy atom. The van der Waals surface area contributed by atoms with Crippen molar-refractivity contribution in [2.24, 2.45) is 0 Å². The fourth-order valence-corrected chi connectivity index (χ4v) is 3.04. The molecule has 1 nitrogen and oxygen atoms in total. The highest BCUT2D eigenvalue weighted by atomic mass is 32.2. The van der Waals surface area contributed by atoms with Crippen molar-refractivity contribution in [3.63, 3.8) is 0 Å². The number of Topliss-reactive ketones (excluding diaryl/α,β-unsaturated/α-hetero) is 1. The molecule has 0 saturated carbocycles. The number of thioether (sulfide) groups is 1. The number of unbranched alkanes of at least 4 members (excludes halogenated alkanes) is 2. The molecule has 0 aliphatic carbocycles. The summed E-state index contributed by atoms with van der Waals surface area (Å²) < 4.78 is 0. The zero-order valence-corrected chi connectivity index (χ0v) is 9.37. The van der Waals surface area contributed by atoms with E-state index in [4.69, 9.17) is 0 Å². The number of hydrogen-bond acceptors (Lipinski definition) is 2. The van der Waals surface area contributed by atoms with Crippen molar-refractivity contribution < 1.29 is 4.79 Å². The average molecular weight is 200 g/mol. The second-order valence-electron chi connectivity index (χ2n) is 3.83. The summed E-state index contributed by atoms with van der Waals surface area (Å²) in [6, 6.07) is 0. The molecule has 0 aromatic rings. The van der Waals surface area contributed by atoms with Crippen molar-refractivity contribution >= 4 is 17.5 Å². The maximum atomic E-state index is 11.5. The maximum Gasteiger partial charge on any atom is 0.134 e. The molecule has 2 heteroatoms. The van der Waals surface area contributed by atoms with Gasteiger partial charge in [0, 0.05) is 18.1 Å². The van der Waals surface area contributed by atoms with Crippen molar-refractivity contribution in [1.82, 2.24) is 0 Å². The van der Waals surface area contributed by atoms with Gasteiger partial charge in [-0.25, -0.2) is 0 Å². The minimum atomic E-state index is 0.493. The third-order valence-corrected chi connectivity index (χ3v) is 3.94. The molecule has 13 heavy (non-hydrogen) atoms. The van der Waals surface area contributed by atoms with Crippen LogP contribution in [0.4, 0.5) is 0 Å². The molecule has 0 radical (unpaired) electrons. The molecule has 0 bridgehead atoms. The van der Waals surface area contributed by atoms with Crippen LogP contribution in [0, 0.1) is 0 Å². The summed E-state index contributed by atoms with van der Waals surface area (Å²) in [5.41, 5.74) is 0. The Kier molecular flexibility index (Phi) is 5.52. The van der Waals surface area contributed by atoms with E-state index in [1.807, 2.05) is 11.8 Å². The second-order valence-corrected chi connectivity index (χ2v) is 5.24. The van der Waals surface area contributed by atoms with E-state index in [9.17, 15) is 4.79 Å². The molecular formula is C11H20OS. The third kappa shape index (κ3) is 4.70. The van der Waals surface area contributed by atoms with Crippen molar-refractivity contribution in [2.75, 3.05) is 5.75 Å². The van der Waals surface area contributed by atoms with E-state index in [-0.39, 0.29) is 0 Å². The van der Waals surface area contributed by atoms with Gasteiger partial charge >= 0.3 is 0 Å². The van der Waals surface area contributed by atoms with Crippen molar-refractivity contribution in [3.05, 3.63) is 0 Å². The first-order chi connectivity index (χ1) is 6.33. The van der Waals surface area contributed by atoms with Crippen molar-refractivity contribution in [1.29, 1.82) is 0 Å². The summed E-state index contributed by atoms with van der Waals surface area (Å²) in [6.45, 7) is 2.18. The molecule has 1 atom stereocenters. The summed E-state index contributed by atoms with van der Waals surface area (Å²) in [7, 11) is 0. The van der Waals surface area contributed by atoms with Gasteiger partial charge in [0.1, 0.15) is 5.78 Å². The van der Waals surface area contributed by atoms with E-state index in [0.29, 0.717) is 11.0 Å². The minimum absolute atomic E-state index is 0.493. The fraction of sp³-hybridized carbons (Fsp3) is 0.909. The molecule has 1 aliphatic rings. The first-order valence-corrected chi connectivity index (χ1v) is 6.51. The Hall–Kier alpha value is 0.0200. The normalized spacial score (nSPS) is 22.1. The summed E-state index contributed by atoms with van der Waals surface area (Å²) in [6.07, 6.45) is 7.78. The summed E-state index contributed by atoms with van der Waals surface area (Å²) in [5.74, 6) is 1.76. The van der Waals surface area contributed by atoms with Crippen LogP contribution in [0.2, 0.25) is 0 Å². The van der Waals surface area contributed by atoms with Gasteiger partial charge in [-0.05, 0) is 25.0 Å². The Bertz CT molecular complexity index is 150. The largest absolute Gasteiger partial charge is 0.300 e. The number of carbonyl (C=O) groups excluding carboxylic acids is 1. The molecule has 1 fully saturated rings. The first-order valence-electron chi connectivity index (χ1n) is 5.46. The van der Waals surface area contributed by atoms with Crippen LogP contribution in [0.15, 0.2) is 0 Å². The molecule has 0 spiro atoms. The highest BCUT2D eigenvalue weighted by Gasteiger charge is 2.18. The maximum absolute atomic E-state index is 11.5. The minimum Gasteiger partial charge on any atom is -0.300 e. The summed E-state index contributed by atoms with van der Waals surface area (Å²) in [4.78, 5) is 11.5. The Balaban J connectivity index is 2.02. The fourth-order valence-electron chi connectivity index (χ4n) is 1.73. The number of carbonyl (C=O) groups is 1. The standard InChI is InChI=1S/C11H20OS/c1-2-3-4-6-10(12)9-11-7-5-8-13-11/h11H,2-9H2,1H3. The van der Waals surface area contributed by atoms with Gasteiger partial charge in [0.25, 0.3) is 0 Å². The van der Waals surface area contributed by atoms with Gasteiger partial charge in [0.2, 0.25) is 0 Å². The lowest BCUT2D eigenvalue weighted by Crippen LogP contribution is -2.07. The van der Waals surface area contributed by atoms with Crippen LogP contribution in [0.5, 0.6) is 0 Å². The van der Waals surface area contributed by atoms with Gasteiger partial charge in [0.15, 0.2) is 0 Å². The van der Waals surface area contributed by atoms with Gasteiger partial charge in [-0.3, -0.25) is 4.79 Å². The highest BCUT2D eigenvalue weighted by molar-refractivity contribution is 8.00. The van der Waals surface area contributed by atoms with E-state index in [2.05, 4.69) is 6.92 Å².